The molecule has 392 valence electrons. The molecule has 1 aromatic rings. The van der Waals surface area contributed by atoms with Crippen LogP contribution in [0.2, 0.25) is 0 Å². The molecule has 0 bridgehead atoms. The van der Waals surface area contributed by atoms with E-state index in [2.05, 4.69) is 4.90 Å². The molecule has 2 rings (SSSR count). The lowest BCUT2D eigenvalue weighted by Gasteiger charge is -2.41. The van der Waals surface area contributed by atoms with E-state index in [9.17, 15) is 19.2 Å². The molecule has 0 aromatic heterocycles. The first-order valence-corrected chi connectivity index (χ1v) is 24.1. The van der Waals surface area contributed by atoms with Crippen molar-refractivity contribution in [1.29, 1.82) is 0 Å². The lowest BCUT2D eigenvalue weighted by Crippen LogP contribution is -2.58. The Kier molecular flexibility index (Phi) is 27.7. The summed E-state index contributed by atoms with van der Waals surface area (Å²) >= 11 is 0. The van der Waals surface area contributed by atoms with Crippen molar-refractivity contribution in [3.05, 3.63) is 29.8 Å². The van der Waals surface area contributed by atoms with Gasteiger partial charge in [0.2, 0.25) is 0 Å². The lowest BCUT2D eigenvalue weighted by atomic mass is 10.0. The summed E-state index contributed by atoms with van der Waals surface area (Å²) in [6.45, 7) is 24.4. The van der Waals surface area contributed by atoms with Crippen LogP contribution < -0.4 is 4.74 Å². The van der Waals surface area contributed by atoms with Crippen molar-refractivity contribution >= 4 is 23.9 Å². The van der Waals surface area contributed by atoms with Crippen molar-refractivity contribution in [2.75, 3.05) is 134 Å². The van der Waals surface area contributed by atoms with Gasteiger partial charge in [0.05, 0.1) is 84.9 Å². The van der Waals surface area contributed by atoms with Gasteiger partial charge in [-0.15, -0.1) is 0 Å². The number of methoxy groups -OCH3 is 4. The van der Waals surface area contributed by atoms with Crippen molar-refractivity contribution in [2.24, 2.45) is 0 Å². The maximum atomic E-state index is 13.9. The Morgan fingerprint density at radius 3 is 1.15 bits per heavy atom. The molecule has 0 spiro atoms. The summed E-state index contributed by atoms with van der Waals surface area (Å²) in [6.07, 6.45) is 1.82. The Labute approximate surface area is 407 Å². The molecule has 0 saturated carbocycles. The van der Waals surface area contributed by atoms with Gasteiger partial charge in [0.15, 0.2) is 0 Å². The van der Waals surface area contributed by atoms with Gasteiger partial charge < -0.3 is 47.4 Å². The molecule has 1 heterocycles. The monoisotopic (exact) mass is 969 g/mol. The van der Waals surface area contributed by atoms with Gasteiger partial charge in [-0.1, -0.05) is 12.1 Å². The van der Waals surface area contributed by atoms with Crippen LogP contribution in [0.5, 0.6) is 5.75 Å². The first-order chi connectivity index (χ1) is 32.1. The Morgan fingerprint density at radius 1 is 0.485 bits per heavy atom. The molecule has 18 heteroatoms. The van der Waals surface area contributed by atoms with Gasteiger partial charge in [-0.3, -0.25) is 38.8 Å². The first-order valence-electron chi connectivity index (χ1n) is 24.1. The summed E-state index contributed by atoms with van der Waals surface area (Å²) in [5, 5.41) is 0. The molecule has 0 unspecified atom stereocenters. The molecule has 4 atom stereocenters. The molecule has 1 aliphatic rings. The van der Waals surface area contributed by atoms with Gasteiger partial charge in [-0.2, -0.15) is 0 Å². The highest BCUT2D eigenvalue weighted by molar-refractivity contribution is 5.77. The molecule has 0 amide bonds. The van der Waals surface area contributed by atoms with Gasteiger partial charge in [-0.25, -0.2) is 0 Å². The number of rotatable bonds is 26. The summed E-state index contributed by atoms with van der Waals surface area (Å²) in [6, 6.07) is 4.77. The standard InChI is InChI=1S/C50H88N4O14/c1-15-63-31-32-64-33-34-65-39-21-19-38(20-22-39)17-16-18-40(44(55)59-11)51-23-25-52(41(45(56)60-12)35-66-48(2,3)4)27-29-54(43(47(58)62-14)37-68-50(8,9)10)30-28-53(26-24-51)42(46(57)61-13)36-67-49(5,6)7/h19-22,40-43H,15-18,23-37H2,1-14H3/t40-,41-,42+,43-/m0/s1. The summed E-state index contributed by atoms with van der Waals surface area (Å²) < 4.78 is 56.9. The summed E-state index contributed by atoms with van der Waals surface area (Å²) in [7, 11) is 5.43. The Balaban J connectivity index is 2.60. The average Bonchev–Trinajstić information content (AvgIpc) is 3.28. The molecule has 1 fully saturated rings. The number of esters is 4. The maximum absolute atomic E-state index is 13.9. The Morgan fingerprint density at radius 2 is 0.809 bits per heavy atom. The second kappa shape index (κ2) is 31.0. The van der Waals surface area contributed by atoms with E-state index in [1.54, 1.807) is 0 Å². The molecule has 1 saturated heterocycles. The zero-order valence-corrected chi connectivity index (χ0v) is 44.1. The number of benzene rings is 1. The summed E-state index contributed by atoms with van der Waals surface area (Å²) in [5.41, 5.74) is -0.594. The molecule has 1 aromatic carbocycles. The molecule has 0 N–H and O–H groups in total. The van der Waals surface area contributed by atoms with Crippen LogP contribution in [0.25, 0.3) is 0 Å². The van der Waals surface area contributed by atoms with Gasteiger partial charge >= 0.3 is 23.9 Å². The van der Waals surface area contributed by atoms with Crippen molar-refractivity contribution in [3.8, 4) is 5.75 Å². The maximum Gasteiger partial charge on any atom is 0.325 e. The summed E-state index contributed by atoms with van der Waals surface area (Å²) in [4.78, 5) is 62.9. The van der Waals surface area contributed by atoms with Crippen molar-refractivity contribution < 1.29 is 66.5 Å². The highest BCUT2D eigenvalue weighted by atomic mass is 16.6. The van der Waals surface area contributed by atoms with E-state index in [0.29, 0.717) is 91.6 Å². The van der Waals surface area contributed by atoms with E-state index < -0.39 is 64.8 Å². The fourth-order valence-electron chi connectivity index (χ4n) is 7.50. The van der Waals surface area contributed by atoms with Crippen LogP contribution in [0.3, 0.4) is 0 Å². The molecular weight excluding hydrogens is 881 g/mol. The number of aryl methyl sites for hydroxylation is 1. The number of hydrogen-bond acceptors (Lipinski definition) is 18. The highest BCUT2D eigenvalue weighted by Crippen LogP contribution is 2.21. The Hall–Kier alpha value is -3.46. The molecule has 68 heavy (non-hydrogen) atoms. The second-order valence-corrected chi connectivity index (χ2v) is 19.8. The van der Waals surface area contributed by atoms with E-state index in [4.69, 9.17) is 47.4 Å². The third-order valence-corrected chi connectivity index (χ3v) is 11.3. The molecule has 18 nitrogen and oxygen atoms in total. The van der Waals surface area contributed by atoms with Gasteiger partial charge in [0.1, 0.15) is 36.5 Å². The van der Waals surface area contributed by atoms with Crippen molar-refractivity contribution in [2.45, 2.75) is 129 Å². The van der Waals surface area contributed by atoms with E-state index in [1.807, 2.05) is 108 Å². The van der Waals surface area contributed by atoms with Crippen LogP contribution in [0.4, 0.5) is 0 Å². The fourth-order valence-corrected chi connectivity index (χ4v) is 7.50. The van der Waals surface area contributed by atoms with Crippen LogP contribution in [-0.4, -0.2) is 218 Å². The van der Waals surface area contributed by atoms with Crippen LogP contribution in [0.15, 0.2) is 24.3 Å². The van der Waals surface area contributed by atoms with E-state index in [-0.39, 0.29) is 32.9 Å². The SMILES string of the molecule is CCOCCOCCOc1ccc(CCC[C@@H](C(=O)OC)N2CCN([C@H](COC(C)(C)C)C(=O)OC)CCN([C@@H](COC(C)(C)C)C(=O)OC)CCN([C@@H](COC(C)(C)C)C(=O)OC)CC2)cc1. The topological polar surface area (TPSA) is 174 Å². The average molecular weight is 969 g/mol. The van der Waals surface area contributed by atoms with Gasteiger partial charge in [0.25, 0.3) is 0 Å². The third-order valence-electron chi connectivity index (χ3n) is 11.3. The molecule has 0 aliphatic carbocycles. The van der Waals surface area contributed by atoms with Crippen molar-refractivity contribution in [1.82, 2.24) is 19.6 Å². The predicted molar refractivity (Wildman–Crippen MR) is 259 cm³/mol. The zero-order valence-electron chi connectivity index (χ0n) is 44.1. The number of ether oxygens (including phenoxy) is 10. The number of hydrogen-bond donors (Lipinski definition) is 0. The summed E-state index contributed by atoms with van der Waals surface area (Å²) in [5.74, 6) is -1.08. The van der Waals surface area contributed by atoms with Crippen LogP contribution in [-0.2, 0) is 68.2 Å². The van der Waals surface area contributed by atoms with Crippen LogP contribution >= 0.6 is 0 Å². The highest BCUT2D eigenvalue weighted by Gasteiger charge is 2.37. The molecular formula is C50H88N4O14. The number of carbonyl (C=O) groups excluding carboxylic acids is 4. The fraction of sp³-hybridized carbons (Fsp3) is 0.800. The van der Waals surface area contributed by atoms with E-state index >= 15 is 0 Å². The minimum absolute atomic E-state index is 0.0367. The van der Waals surface area contributed by atoms with E-state index in [0.717, 1.165) is 11.3 Å². The Bertz CT molecular complexity index is 1540. The largest absolute Gasteiger partial charge is 0.491 e. The first kappa shape index (κ1) is 60.7. The quantitative estimate of drug-likeness (QED) is 0.0731. The lowest BCUT2D eigenvalue weighted by molar-refractivity contribution is -0.157. The predicted octanol–water partition coefficient (Wildman–Crippen LogP) is 4.27. The molecule has 1 aliphatic heterocycles. The second-order valence-electron chi connectivity index (χ2n) is 19.8. The van der Waals surface area contributed by atoms with E-state index in [1.165, 1.54) is 28.4 Å². The third kappa shape index (κ3) is 23.9. The minimum Gasteiger partial charge on any atom is -0.491 e. The van der Waals surface area contributed by atoms with Crippen LogP contribution in [0, 0.1) is 0 Å². The number of carbonyl (C=O) groups is 4. The number of nitrogens with zero attached hydrogens (tertiary/aromatic N) is 4. The smallest absolute Gasteiger partial charge is 0.325 e. The molecule has 0 radical (unpaired) electrons. The van der Waals surface area contributed by atoms with Gasteiger partial charge in [0, 0.05) is 59.0 Å². The zero-order chi connectivity index (χ0) is 50.9. The normalized spacial score (nSPS) is 17.5. The van der Waals surface area contributed by atoms with Gasteiger partial charge in [-0.05, 0) is 106 Å². The van der Waals surface area contributed by atoms with Crippen LogP contribution in [0.1, 0.15) is 87.6 Å². The van der Waals surface area contributed by atoms with Crippen molar-refractivity contribution in [3.63, 3.8) is 0 Å². The minimum atomic E-state index is -0.824.